The summed E-state index contributed by atoms with van der Waals surface area (Å²) in [6.07, 6.45) is 6.17. The molecule has 0 radical (unpaired) electrons. The Labute approximate surface area is 200 Å². The van der Waals surface area contributed by atoms with Crippen molar-refractivity contribution >= 4 is 33.5 Å². The van der Waals surface area contributed by atoms with Crippen molar-refractivity contribution in [3.05, 3.63) is 29.3 Å². The van der Waals surface area contributed by atoms with Crippen molar-refractivity contribution < 1.29 is 32.6 Å². The second-order valence-corrected chi connectivity index (χ2v) is 10.1. The van der Waals surface area contributed by atoms with Crippen LogP contribution in [0.3, 0.4) is 0 Å². The highest BCUT2D eigenvalue weighted by atomic mass is 35.5. The molecule has 1 heterocycles. The minimum absolute atomic E-state index is 0.0000210. The third-order valence-corrected chi connectivity index (χ3v) is 6.93. The average molecular weight is 505 g/mol. The van der Waals surface area contributed by atoms with Gasteiger partial charge < -0.3 is 19.9 Å². The number of carboxylic acid groups (broad SMARTS) is 1. The number of unbranched alkanes of at least 4 members (excludes halogenated alkanes) is 4. The number of ether oxygens (including phenoxy) is 2. The van der Waals surface area contributed by atoms with Gasteiger partial charge in [-0.05, 0) is 56.4 Å². The third-order valence-electron chi connectivity index (χ3n) is 5.19. The first-order valence-corrected chi connectivity index (χ1v) is 13.1. The number of hydrogen-bond acceptors (Lipinski definition) is 6. The molecule has 0 spiro atoms. The molecule has 2 atom stereocenters. The van der Waals surface area contributed by atoms with E-state index in [1.54, 1.807) is 0 Å². The number of benzene rings is 1. The monoisotopic (exact) mass is 504 g/mol. The Kier molecular flexibility index (Phi) is 12.1. The van der Waals surface area contributed by atoms with Gasteiger partial charge in [0.2, 0.25) is 15.9 Å². The molecule has 2 rings (SSSR count). The van der Waals surface area contributed by atoms with Crippen LogP contribution in [0.4, 0.5) is 0 Å². The summed E-state index contributed by atoms with van der Waals surface area (Å²) >= 11 is 5.84. The highest BCUT2D eigenvalue weighted by Crippen LogP contribution is 2.16. The van der Waals surface area contributed by atoms with Crippen LogP contribution in [0, 0.1) is 0 Å². The molecule has 1 aliphatic rings. The largest absolute Gasteiger partial charge is 0.481 e. The first-order valence-electron chi connectivity index (χ1n) is 11.3. The fourth-order valence-corrected chi connectivity index (χ4v) is 4.65. The molecule has 1 aliphatic heterocycles. The van der Waals surface area contributed by atoms with E-state index in [1.165, 1.54) is 24.3 Å². The first kappa shape index (κ1) is 27.5. The summed E-state index contributed by atoms with van der Waals surface area (Å²) in [5.41, 5.74) is 0. The topological polar surface area (TPSA) is 131 Å². The summed E-state index contributed by atoms with van der Waals surface area (Å²) in [5, 5.41) is 11.8. The highest BCUT2D eigenvalue weighted by molar-refractivity contribution is 7.89. The maximum absolute atomic E-state index is 12.8. The number of hydrogen-bond donors (Lipinski definition) is 3. The summed E-state index contributed by atoms with van der Waals surface area (Å²) in [5.74, 6) is -1.27. The standard InChI is InChI=1S/C22H33ClN2O7S/c23-17-10-12-18(13-11-17)33(29,30)25-19(16-32-21-9-5-7-15-31-21)22(28)24-14-6-3-1-2-4-8-20(26)27/h10-13,19,21,25H,1-9,14-16H2,(H,24,28)(H,26,27)/t19-,21?/m0/s1. The fourth-order valence-electron chi connectivity index (χ4n) is 3.34. The van der Waals surface area contributed by atoms with Crippen LogP contribution in [0.1, 0.15) is 57.8 Å². The van der Waals surface area contributed by atoms with E-state index in [0.29, 0.717) is 37.4 Å². The average Bonchev–Trinajstić information content (AvgIpc) is 2.79. The number of carbonyl (C=O) groups is 2. The zero-order valence-electron chi connectivity index (χ0n) is 18.6. The lowest BCUT2D eigenvalue weighted by Gasteiger charge is -2.25. The zero-order valence-corrected chi connectivity index (χ0v) is 20.2. The molecule has 1 saturated heterocycles. The third kappa shape index (κ3) is 10.8. The van der Waals surface area contributed by atoms with Gasteiger partial charge in [0.25, 0.3) is 0 Å². The SMILES string of the molecule is O=C(O)CCCCCCCNC(=O)[C@H](COC1CCCCO1)NS(=O)(=O)c1ccc(Cl)cc1. The second-order valence-electron chi connectivity index (χ2n) is 7.96. The number of carboxylic acids is 1. The molecule has 0 aromatic heterocycles. The molecule has 0 aliphatic carbocycles. The lowest BCUT2D eigenvalue weighted by atomic mass is 10.1. The first-order chi connectivity index (χ1) is 15.8. The van der Waals surface area contributed by atoms with Gasteiger partial charge in [-0.15, -0.1) is 0 Å². The van der Waals surface area contributed by atoms with Crippen LogP contribution >= 0.6 is 11.6 Å². The minimum atomic E-state index is -3.97. The van der Waals surface area contributed by atoms with E-state index < -0.39 is 34.2 Å². The van der Waals surface area contributed by atoms with Crippen molar-refractivity contribution in [2.24, 2.45) is 0 Å². The fraction of sp³-hybridized carbons (Fsp3) is 0.636. The number of rotatable bonds is 15. The lowest BCUT2D eigenvalue weighted by molar-refractivity contribution is -0.167. The van der Waals surface area contributed by atoms with Gasteiger partial charge >= 0.3 is 5.97 Å². The van der Waals surface area contributed by atoms with E-state index >= 15 is 0 Å². The Bertz CT molecular complexity index is 843. The lowest BCUT2D eigenvalue weighted by Crippen LogP contribution is -2.50. The number of amides is 1. The van der Waals surface area contributed by atoms with Gasteiger partial charge in [0.05, 0.1) is 11.5 Å². The van der Waals surface area contributed by atoms with Crippen LogP contribution in [0.2, 0.25) is 5.02 Å². The molecule has 1 amide bonds. The molecule has 1 fully saturated rings. The molecular formula is C22H33ClN2O7S. The van der Waals surface area contributed by atoms with Gasteiger partial charge in [-0.3, -0.25) is 9.59 Å². The Morgan fingerprint density at radius 1 is 1.12 bits per heavy atom. The van der Waals surface area contributed by atoms with Crippen molar-refractivity contribution in [2.75, 3.05) is 19.8 Å². The van der Waals surface area contributed by atoms with Gasteiger partial charge in [-0.1, -0.05) is 30.9 Å². The summed E-state index contributed by atoms with van der Waals surface area (Å²) < 4.78 is 39.2. The van der Waals surface area contributed by atoms with E-state index in [-0.39, 0.29) is 17.9 Å². The van der Waals surface area contributed by atoms with E-state index in [1.807, 2.05) is 0 Å². The molecule has 1 aromatic carbocycles. The van der Waals surface area contributed by atoms with Gasteiger partial charge in [0.1, 0.15) is 6.04 Å². The molecule has 1 unspecified atom stereocenters. The van der Waals surface area contributed by atoms with Crippen LogP contribution in [-0.2, 0) is 29.1 Å². The summed E-state index contributed by atoms with van der Waals surface area (Å²) in [7, 11) is -3.97. The highest BCUT2D eigenvalue weighted by Gasteiger charge is 2.27. The van der Waals surface area contributed by atoms with Gasteiger partial charge in [0, 0.05) is 24.6 Å². The zero-order chi connectivity index (χ0) is 24.1. The number of carbonyl (C=O) groups excluding carboxylic acids is 1. The van der Waals surface area contributed by atoms with Gasteiger partial charge in [-0.2, -0.15) is 4.72 Å². The Morgan fingerprint density at radius 3 is 2.48 bits per heavy atom. The smallest absolute Gasteiger partial charge is 0.303 e. The van der Waals surface area contributed by atoms with Crippen LogP contribution in [0.25, 0.3) is 0 Å². The van der Waals surface area contributed by atoms with Gasteiger partial charge in [-0.25, -0.2) is 8.42 Å². The quantitative estimate of drug-likeness (QED) is 0.313. The van der Waals surface area contributed by atoms with E-state index in [9.17, 15) is 18.0 Å². The van der Waals surface area contributed by atoms with Crippen LogP contribution in [0.15, 0.2) is 29.2 Å². The number of aliphatic carboxylic acids is 1. The maximum atomic E-state index is 12.8. The predicted octanol–water partition coefficient (Wildman–Crippen LogP) is 3.07. The normalized spacial score (nSPS) is 17.4. The Balaban J connectivity index is 1.87. The second kappa shape index (κ2) is 14.5. The molecule has 1 aromatic rings. The van der Waals surface area contributed by atoms with E-state index in [2.05, 4.69) is 10.0 Å². The predicted molar refractivity (Wildman–Crippen MR) is 123 cm³/mol. The molecule has 9 nitrogen and oxygen atoms in total. The number of sulfonamides is 1. The Hall–Kier alpha value is -1.72. The molecule has 0 bridgehead atoms. The molecule has 186 valence electrons. The Morgan fingerprint density at radius 2 is 1.82 bits per heavy atom. The van der Waals surface area contributed by atoms with Crippen molar-refractivity contribution in [3.63, 3.8) is 0 Å². The molecule has 33 heavy (non-hydrogen) atoms. The molecule has 3 N–H and O–H groups in total. The maximum Gasteiger partial charge on any atom is 0.303 e. The van der Waals surface area contributed by atoms with Gasteiger partial charge in [0.15, 0.2) is 6.29 Å². The molecule has 11 heteroatoms. The number of halogens is 1. The van der Waals surface area contributed by atoms with Crippen molar-refractivity contribution in [3.8, 4) is 0 Å². The summed E-state index contributed by atoms with van der Waals surface area (Å²) in [6.45, 7) is 0.805. The van der Waals surface area contributed by atoms with Crippen molar-refractivity contribution in [2.45, 2.75) is 75.0 Å². The van der Waals surface area contributed by atoms with Crippen LogP contribution < -0.4 is 10.0 Å². The minimum Gasteiger partial charge on any atom is -0.481 e. The van der Waals surface area contributed by atoms with E-state index in [0.717, 1.165) is 32.1 Å². The van der Waals surface area contributed by atoms with Crippen molar-refractivity contribution in [1.82, 2.24) is 10.0 Å². The van der Waals surface area contributed by atoms with E-state index in [4.69, 9.17) is 26.2 Å². The summed E-state index contributed by atoms with van der Waals surface area (Å²) in [6, 6.07) is 4.55. The van der Waals surface area contributed by atoms with Crippen LogP contribution in [-0.4, -0.2) is 57.5 Å². The van der Waals surface area contributed by atoms with Crippen molar-refractivity contribution in [1.29, 1.82) is 0 Å². The number of nitrogens with one attached hydrogen (secondary N) is 2. The molecular weight excluding hydrogens is 472 g/mol. The molecule has 0 saturated carbocycles. The summed E-state index contributed by atoms with van der Waals surface area (Å²) in [4.78, 5) is 23.3. The van der Waals surface area contributed by atoms with Crippen LogP contribution in [0.5, 0.6) is 0 Å².